The first-order valence-corrected chi connectivity index (χ1v) is 9.20. The zero-order valence-corrected chi connectivity index (χ0v) is 15.2. The topological polar surface area (TPSA) is 72.5 Å². The molecule has 27 heavy (non-hydrogen) atoms. The minimum atomic E-state index is -1.73. The SMILES string of the molecule is CCS(=O)c1ccccc1C(=O)OC(C)C(=O)Nc1ccc(F)c(F)c1F. The van der Waals surface area contributed by atoms with Crippen LogP contribution in [-0.4, -0.2) is 27.9 Å². The van der Waals surface area contributed by atoms with E-state index in [1.807, 2.05) is 5.32 Å². The molecule has 2 aromatic carbocycles. The van der Waals surface area contributed by atoms with Crippen LogP contribution in [0.4, 0.5) is 18.9 Å². The van der Waals surface area contributed by atoms with Crippen LogP contribution in [0.1, 0.15) is 24.2 Å². The van der Waals surface area contributed by atoms with Crippen LogP contribution in [0, 0.1) is 17.5 Å². The molecule has 2 aromatic rings. The third-order valence-corrected chi connectivity index (χ3v) is 4.93. The van der Waals surface area contributed by atoms with E-state index >= 15 is 0 Å². The first-order valence-electron chi connectivity index (χ1n) is 7.89. The van der Waals surface area contributed by atoms with Gasteiger partial charge >= 0.3 is 5.97 Å². The number of halogens is 3. The predicted octanol–water partition coefficient (Wildman–Crippen LogP) is 3.42. The Bertz CT molecular complexity index is 904. The molecule has 0 spiro atoms. The molecule has 0 saturated heterocycles. The number of carbonyl (C=O) groups is 2. The van der Waals surface area contributed by atoms with Gasteiger partial charge in [0.2, 0.25) is 0 Å². The number of nitrogens with one attached hydrogen (secondary N) is 1. The van der Waals surface area contributed by atoms with E-state index in [2.05, 4.69) is 0 Å². The van der Waals surface area contributed by atoms with Crippen molar-refractivity contribution in [3.8, 4) is 0 Å². The highest BCUT2D eigenvalue weighted by molar-refractivity contribution is 7.85. The van der Waals surface area contributed by atoms with Crippen molar-refractivity contribution in [2.75, 3.05) is 11.1 Å². The maximum absolute atomic E-state index is 13.6. The summed E-state index contributed by atoms with van der Waals surface area (Å²) < 4.78 is 56.8. The molecular weight excluding hydrogens is 383 g/mol. The minimum Gasteiger partial charge on any atom is -0.449 e. The monoisotopic (exact) mass is 399 g/mol. The standard InChI is InChI=1S/C18H16F3NO4S/c1-3-27(25)14-7-5-4-6-11(14)18(24)26-10(2)17(23)22-13-9-8-12(19)15(20)16(13)21/h4-10H,3H2,1-2H3,(H,22,23). The van der Waals surface area contributed by atoms with Crippen LogP contribution in [0.5, 0.6) is 0 Å². The second-order valence-electron chi connectivity index (χ2n) is 5.39. The summed E-state index contributed by atoms with van der Waals surface area (Å²) >= 11 is 0. The van der Waals surface area contributed by atoms with E-state index in [1.165, 1.54) is 19.1 Å². The molecule has 0 bridgehead atoms. The smallest absolute Gasteiger partial charge is 0.340 e. The number of hydrogen-bond donors (Lipinski definition) is 1. The highest BCUT2D eigenvalue weighted by atomic mass is 32.2. The Morgan fingerprint density at radius 2 is 1.78 bits per heavy atom. The Kier molecular flexibility index (Phi) is 6.73. The van der Waals surface area contributed by atoms with E-state index in [-0.39, 0.29) is 16.2 Å². The Morgan fingerprint density at radius 1 is 1.11 bits per heavy atom. The maximum Gasteiger partial charge on any atom is 0.340 e. The van der Waals surface area contributed by atoms with Crippen molar-refractivity contribution in [2.24, 2.45) is 0 Å². The summed E-state index contributed by atoms with van der Waals surface area (Å²) in [5.41, 5.74) is -0.550. The third kappa shape index (κ3) is 4.73. The lowest BCUT2D eigenvalue weighted by atomic mass is 10.2. The number of rotatable bonds is 6. The summed E-state index contributed by atoms with van der Waals surface area (Å²) in [6, 6.07) is 7.58. The maximum atomic E-state index is 13.6. The molecule has 2 rings (SSSR count). The van der Waals surface area contributed by atoms with E-state index < -0.39 is 51.9 Å². The van der Waals surface area contributed by atoms with Crippen molar-refractivity contribution in [1.82, 2.24) is 0 Å². The molecule has 0 saturated carbocycles. The molecular formula is C18H16F3NO4S. The molecule has 0 aromatic heterocycles. The zero-order valence-electron chi connectivity index (χ0n) is 14.4. The predicted molar refractivity (Wildman–Crippen MR) is 93.2 cm³/mol. The van der Waals surface area contributed by atoms with E-state index in [0.29, 0.717) is 6.07 Å². The largest absolute Gasteiger partial charge is 0.449 e. The number of benzene rings is 2. The van der Waals surface area contributed by atoms with Gasteiger partial charge < -0.3 is 10.1 Å². The number of hydrogen-bond acceptors (Lipinski definition) is 4. The molecule has 0 aliphatic carbocycles. The van der Waals surface area contributed by atoms with Crippen molar-refractivity contribution in [1.29, 1.82) is 0 Å². The Morgan fingerprint density at radius 3 is 2.44 bits per heavy atom. The summed E-state index contributed by atoms with van der Waals surface area (Å²) in [5, 5.41) is 2.03. The lowest BCUT2D eigenvalue weighted by molar-refractivity contribution is -0.123. The van der Waals surface area contributed by atoms with E-state index in [4.69, 9.17) is 4.74 Å². The molecule has 1 N–H and O–H groups in total. The molecule has 2 atom stereocenters. The van der Waals surface area contributed by atoms with Gasteiger partial charge in [0, 0.05) is 5.75 Å². The number of esters is 1. The van der Waals surface area contributed by atoms with Gasteiger partial charge in [0.1, 0.15) is 0 Å². The first kappa shape index (κ1) is 20.6. The average molecular weight is 399 g/mol. The quantitative estimate of drug-likeness (QED) is 0.597. The van der Waals surface area contributed by atoms with E-state index in [0.717, 1.165) is 6.07 Å². The Labute approximate surface area is 156 Å². The minimum absolute atomic E-state index is 0.0383. The number of ether oxygens (including phenoxy) is 1. The molecule has 0 fully saturated rings. The van der Waals surface area contributed by atoms with Crippen molar-refractivity contribution in [3.63, 3.8) is 0 Å². The van der Waals surface area contributed by atoms with Gasteiger partial charge in [-0.15, -0.1) is 0 Å². The van der Waals surface area contributed by atoms with Gasteiger partial charge in [0.15, 0.2) is 23.6 Å². The number of carbonyl (C=O) groups excluding carboxylic acids is 2. The molecule has 0 radical (unpaired) electrons. The zero-order chi connectivity index (χ0) is 20.1. The number of anilines is 1. The van der Waals surface area contributed by atoms with Gasteiger partial charge in [0.05, 0.1) is 26.9 Å². The van der Waals surface area contributed by atoms with Gasteiger partial charge in [-0.1, -0.05) is 19.1 Å². The summed E-state index contributed by atoms with van der Waals surface area (Å²) in [7, 11) is -1.42. The highest BCUT2D eigenvalue weighted by Gasteiger charge is 2.24. The summed E-state index contributed by atoms with van der Waals surface area (Å²) in [6.07, 6.45) is -1.37. The van der Waals surface area contributed by atoms with Gasteiger partial charge in [0.25, 0.3) is 5.91 Å². The van der Waals surface area contributed by atoms with E-state index in [9.17, 15) is 27.0 Å². The van der Waals surface area contributed by atoms with Crippen molar-refractivity contribution in [2.45, 2.75) is 24.8 Å². The summed E-state index contributed by atoms with van der Waals surface area (Å²) in [5.74, 6) is -6.23. The van der Waals surface area contributed by atoms with Gasteiger partial charge in [-0.25, -0.2) is 18.0 Å². The fourth-order valence-corrected chi connectivity index (χ4v) is 3.06. The van der Waals surface area contributed by atoms with Gasteiger partial charge in [-0.05, 0) is 31.2 Å². The van der Waals surface area contributed by atoms with Crippen molar-refractivity contribution in [3.05, 3.63) is 59.4 Å². The lowest BCUT2D eigenvalue weighted by Gasteiger charge is -2.15. The normalized spacial score (nSPS) is 12.9. The van der Waals surface area contributed by atoms with Crippen LogP contribution in [0.3, 0.4) is 0 Å². The van der Waals surface area contributed by atoms with E-state index in [1.54, 1.807) is 19.1 Å². The molecule has 0 heterocycles. The fraction of sp³-hybridized carbons (Fsp3) is 0.222. The molecule has 5 nitrogen and oxygen atoms in total. The average Bonchev–Trinajstić information content (AvgIpc) is 2.67. The van der Waals surface area contributed by atoms with Crippen LogP contribution >= 0.6 is 0 Å². The molecule has 1 amide bonds. The van der Waals surface area contributed by atoms with Crippen LogP contribution in [0.2, 0.25) is 0 Å². The van der Waals surface area contributed by atoms with Crippen LogP contribution in [-0.2, 0) is 20.3 Å². The first-order chi connectivity index (χ1) is 12.8. The van der Waals surface area contributed by atoms with Gasteiger partial charge in [-0.3, -0.25) is 9.00 Å². The fourth-order valence-electron chi connectivity index (χ4n) is 2.12. The van der Waals surface area contributed by atoms with Crippen LogP contribution < -0.4 is 5.32 Å². The van der Waals surface area contributed by atoms with Crippen molar-refractivity contribution < 1.29 is 31.7 Å². The lowest BCUT2D eigenvalue weighted by Crippen LogP contribution is -2.30. The second kappa shape index (κ2) is 8.81. The Hall–Kier alpha value is -2.68. The Balaban J connectivity index is 2.12. The third-order valence-electron chi connectivity index (χ3n) is 3.56. The second-order valence-corrected chi connectivity index (χ2v) is 7.10. The van der Waals surface area contributed by atoms with Crippen molar-refractivity contribution >= 4 is 28.4 Å². The molecule has 144 valence electrons. The molecule has 0 aliphatic heterocycles. The molecule has 9 heteroatoms. The molecule has 0 aliphatic rings. The summed E-state index contributed by atoms with van der Waals surface area (Å²) in [4.78, 5) is 24.6. The van der Waals surface area contributed by atoms with Crippen LogP contribution in [0.15, 0.2) is 41.3 Å². The highest BCUT2D eigenvalue weighted by Crippen LogP contribution is 2.20. The summed E-state index contributed by atoms with van der Waals surface area (Å²) in [6.45, 7) is 2.91. The molecule has 2 unspecified atom stereocenters. The van der Waals surface area contributed by atoms with Gasteiger partial charge in [-0.2, -0.15) is 0 Å². The van der Waals surface area contributed by atoms with Crippen LogP contribution in [0.25, 0.3) is 0 Å². The number of amides is 1.